The number of halogens is 1. The number of rotatable bonds is 4. The standard InChI is InChI=1S/C15H17N3O2.C12H8FNO3/c1-15(2)9-19-13-12(7-8-17-14(13)18-15)20-11-5-3-10(16)4-6-11;13-8-3-1-7(2-4-8)9-5-14-6-10(11(9)15)12(16)17/h3-8H,9,16H2,1-2H3,(H,17,18);1-6H,(H,14,15)(H,16,17). The number of aromatic nitrogens is 2. The molecule has 2 aromatic carbocycles. The minimum Gasteiger partial charge on any atom is -0.484 e. The number of carboxylic acid groups (broad SMARTS) is 1. The van der Waals surface area contributed by atoms with Gasteiger partial charge in [-0.1, -0.05) is 12.1 Å². The highest BCUT2D eigenvalue weighted by atomic mass is 19.1. The summed E-state index contributed by atoms with van der Waals surface area (Å²) >= 11 is 0. The number of carbonyl (C=O) groups is 1. The van der Waals surface area contributed by atoms with Crippen LogP contribution in [0.5, 0.6) is 17.2 Å². The van der Waals surface area contributed by atoms with E-state index in [9.17, 15) is 14.0 Å². The number of H-pyrrole nitrogens is 1. The Kier molecular flexibility index (Phi) is 7.10. The van der Waals surface area contributed by atoms with E-state index in [2.05, 4.69) is 29.1 Å². The number of nitrogen functional groups attached to an aromatic ring is 1. The van der Waals surface area contributed by atoms with Gasteiger partial charge in [0.2, 0.25) is 11.2 Å². The van der Waals surface area contributed by atoms with Crippen LogP contribution in [0.25, 0.3) is 11.1 Å². The van der Waals surface area contributed by atoms with Crippen molar-refractivity contribution < 1.29 is 23.8 Å². The van der Waals surface area contributed by atoms with Crippen molar-refractivity contribution in [1.82, 2.24) is 9.97 Å². The van der Waals surface area contributed by atoms with E-state index in [0.29, 0.717) is 40.9 Å². The zero-order valence-electron chi connectivity index (χ0n) is 20.1. The molecule has 1 aliphatic heterocycles. The third-order valence-corrected chi connectivity index (χ3v) is 5.34. The Bertz CT molecular complexity index is 1470. The van der Waals surface area contributed by atoms with Gasteiger partial charge in [0.25, 0.3) is 0 Å². The molecular formula is C27H25FN4O5. The van der Waals surface area contributed by atoms with Crippen LogP contribution < -0.4 is 26.0 Å². The minimum absolute atomic E-state index is 0.139. The Hall–Kier alpha value is -4.86. The van der Waals surface area contributed by atoms with Crippen LogP contribution in [0.15, 0.2) is 78.0 Å². The predicted octanol–water partition coefficient (Wildman–Crippen LogP) is 4.92. The van der Waals surface area contributed by atoms with E-state index < -0.39 is 17.2 Å². The molecule has 1 aliphatic rings. The molecule has 37 heavy (non-hydrogen) atoms. The Morgan fingerprint density at radius 1 is 1.11 bits per heavy atom. The Balaban J connectivity index is 0.000000176. The van der Waals surface area contributed by atoms with Crippen molar-refractivity contribution >= 4 is 17.5 Å². The molecule has 0 radical (unpaired) electrons. The average molecular weight is 505 g/mol. The molecule has 0 fully saturated rings. The number of nitrogens with zero attached hydrogens (tertiary/aromatic N) is 1. The first kappa shape index (κ1) is 25.2. The molecule has 0 aliphatic carbocycles. The number of ether oxygens (including phenoxy) is 2. The van der Waals surface area contributed by atoms with E-state index >= 15 is 0 Å². The molecule has 190 valence electrons. The van der Waals surface area contributed by atoms with E-state index in [0.717, 1.165) is 6.20 Å². The lowest BCUT2D eigenvalue weighted by molar-refractivity contribution is 0.0695. The summed E-state index contributed by atoms with van der Waals surface area (Å²) in [6, 6.07) is 14.3. The molecule has 10 heteroatoms. The largest absolute Gasteiger partial charge is 0.484 e. The zero-order valence-corrected chi connectivity index (χ0v) is 20.1. The van der Waals surface area contributed by atoms with Gasteiger partial charge in [-0.15, -0.1) is 0 Å². The second-order valence-electron chi connectivity index (χ2n) is 8.88. The molecular weight excluding hydrogens is 479 g/mol. The third kappa shape index (κ3) is 6.04. The third-order valence-electron chi connectivity index (χ3n) is 5.34. The number of carboxylic acids is 1. The van der Waals surface area contributed by atoms with Crippen molar-refractivity contribution in [3.8, 4) is 28.4 Å². The van der Waals surface area contributed by atoms with Crippen LogP contribution in [0.3, 0.4) is 0 Å². The maximum Gasteiger partial charge on any atom is 0.341 e. The molecule has 9 nitrogen and oxygen atoms in total. The van der Waals surface area contributed by atoms with Crippen LogP contribution >= 0.6 is 0 Å². The van der Waals surface area contributed by atoms with Crippen molar-refractivity contribution in [2.75, 3.05) is 17.7 Å². The molecule has 0 amide bonds. The van der Waals surface area contributed by atoms with Crippen LogP contribution in [0.2, 0.25) is 0 Å². The first-order valence-electron chi connectivity index (χ1n) is 11.3. The number of aromatic amines is 1. The second-order valence-corrected chi connectivity index (χ2v) is 8.88. The van der Waals surface area contributed by atoms with Gasteiger partial charge < -0.3 is 30.6 Å². The van der Waals surface area contributed by atoms with Crippen LogP contribution in [0.4, 0.5) is 15.9 Å². The van der Waals surface area contributed by atoms with Crippen molar-refractivity contribution in [2.45, 2.75) is 19.4 Å². The van der Waals surface area contributed by atoms with Crippen molar-refractivity contribution in [3.05, 3.63) is 94.8 Å². The molecule has 0 saturated heterocycles. The van der Waals surface area contributed by atoms with E-state index in [1.54, 1.807) is 24.4 Å². The van der Waals surface area contributed by atoms with Crippen molar-refractivity contribution in [3.63, 3.8) is 0 Å². The Labute approximate surface area is 211 Å². The molecule has 3 heterocycles. The monoisotopic (exact) mass is 504 g/mol. The van der Waals surface area contributed by atoms with Crippen molar-refractivity contribution in [2.24, 2.45) is 0 Å². The summed E-state index contributed by atoms with van der Waals surface area (Å²) in [5.74, 6) is 0.983. The molecule has 0 saturated carbocycles. The van der Waals surface area contributed by atoms with Crippen LogP contribution in [-0.2, 0) is 0 Å². The van der Waals surface area contributed by atoms with Gasteiger partial charge in [-0.05, 0) is 55.8 Å². The van der Waals surface area contributed by atoms with Gasteiger partial charge >= 0.3 is 5.97 Å². The normalized spacial score (nSPS) is 13.2. The topological polar surface area (TPSA) is 140 Å². The van der Waals surface area contributed by atoms with Gasteiger partial charge in [-0.2, -0.15) is 0 Å². The molecule has 0 spiro atoms. The lowest BCUT2D eigenvalue weighted by Crippen LogP contribution is -2.41. The van der Waals surface area contributed by atoms with Crippen LogP contribution in [0.1, 0.15) is 24.2 Å². The molecule has 5 rings (SSSR count). The van der Waals surface area contributed by atoms with E-state index in [1.165, 1.54) is 30.5 Å². The molecule has 4 aromatic rings. The number of pyridine rings is 2. The summed E-state index contributed by atoms with van der Waals surface area (Å²) < 4.78 is 24.4. The van der Waals surface area contributed by atoms with E-state index in [-0.39, 0.29) is 16.7 Å². The van der Waals surface area contributed by atoms with Crippen LogP contribution in [0, 0.1) is 5.82 Å². The molecule has 0 unspecified atom stereocenters. The van der Waals surface area contributed by atoms with Gasteiger partial charge in [0.1, 0.15) is 23.7 Å². The van der Waals surface area contributed by atoms with Gasteiger partial charge in [-0.25, -0.2) is 14.2 Å². The summed E-state index contributed by atoms with van der Waals surface area (Å²) in [4.78, 5) is 29.5. The van der Waals surface area contributed by atoms with Gasteiger partial charge in [0.15, 0.2) is 11.6 Å². The van der Waals surface area contributed by atoms with Gasteiger partial charge in [0, 0.05) is 35.9 Å². The highest BCUT2D eigenvalue weighted by Crippen LogP contribution is 2.40. The summed E-state index contributed by atoms with van der Waals surface area (Å²) in [7, 11) is 0. The van der Waals surface area contributed by atoms with Gasteiger partial charge in [-0.3, -0.25) is 4.79 Å². The second kappa shape index (κ2) is 10.4. The number of benzene rings is 2. The highest BCUT2D eigenvalue weighted by Gasteiger charge is 2.28. The maximum atomic E-state index is 12.7. The number of anilines is 2. The number of aromatic carboxylic acids is 1. The number of fused-ring (bicyclic) bond motifs is 1. The number of nitrogens with two attached hydrogens (primary N) is 1. The molecule has 0 atom stereocenters. The first-order chi connectivity index (χ1) is 17.6. The average Bonchev–Trinajstić information content (AvgIpc) is 2.86. The summed E-state index contributed by atoms with van der Waals surface area (Å²) in [6.45, 7) is 4.68. The predicted molar refractivity (Wildman–Crippen MR) is 138 cm³/mol. The number of hydrogen-bond donors (Lipinski definition) is 4. The summed E-state index contributed by atoms with van der Waals surface area (Å²) in [5, 5.41) is 12.1. The van der Waals surface area contributed by atoms with Crippen LogP contribution in [-0.4, -0.2) is 33.2 Å². The van der Waals surface area contributed by atoms with E-state index in [1.807, 2.05) is 12.1 Å². The van der Waals surface area contributed by atoms with Gasteiger partial charge in [0.05, 0.1) is 5.54 Å². The molecule has 5 N–H and O–H groups in total. The fourth-order valence-electron chi connectivity index (χ4n) is 3.50. The van der Waals surface area contributed by atoms with E-state index in [4.69, 9.17) is 20.3 Å². The van der Waals surface area contributed by atoms with Crippen molar-refractivity contribution in [1.29, 1.82) is 0 Å². The molecule has 2 aromatic heterocycles. The highest BCUT2D eigenvalue weighted by molar-refractivity contribution is 5.88. The fourth-order valence-corrected chi connectivity index (χ4v) is 3.50. The number of hydrogen-bond acceptors (Lipinski definition) is 7. The lowest BCUT2D eigenvalue weighted by Gasteiger charge is -2.33. The summed E-state index contributed by atoms with van der Waals surface area (Å²) in [6.07, 6.45) is 4.21. The molecule has 0 bridgehead atoms. The Morgan fingerprint density at radius 3 is 2.49 bits per heavy atom. The summed E-state index contributed by atoms with van der Waals surface area (Å²) in [5.41, 5.74) is 5.96. The SMILES string of the molecule is CC1(C)COc2c(Oc3ccc(N)cc3)ccnc2N1.O=C(O)c1c[nH]cc(-c2ccc(F)cc2)c1=O. The number of nitrogens with one attached hydrogen (secondary N) is 2. The quantitative estimate of drug-likeness (QED) is 0.287. The maximum absolute atomic E-state index is 12.7. The Morgan fingerprint density at radius 2 is 1.81 bits per heavy atom. The first-order valence-corrected chi connectivity index (χ1v) is 11.3. The zero-order chi connectivity index (χ0) is 26.6. The lowest BCUT2D eigenvalue weighted by atomic mass is 10.1. The minimum atomic E-state index is -1.30. The fraction of sp³-hybridized carbons (Fsp3) is 0.148. The smallest absolute Gasteiger partial charge is 0.341 e.